The molecule has 0 radical (unpaired) electrons. The largest absolute Gasteiger partial charge is 0.339 e. The average Bonchev–Trinajstić information content (AvgIpc) is 2.89. The van der Waals surface area contributed by atoms with Crippen LogP contribution in [0.1, 0.15) is 24.5 Å². The molecule has 0 spiro atoms. The van der Waals surface area contributed by atoms with E-state index in [0.29, 0.717) is 13.1 Å². The molecule has 1 amide bonds. The van der Waals surface area contributed by atoms with Gasteiger partial charge in [-0.1, -0.05) is 42.5 Å². The molecule has 4 nitrogen and oxygen atoms in total. The van der Waals surface area contributed by atoms with Crippen LogP contribution in [0.5, 0.6) is 0 Å². The predicted octanol–water partition coefficient (Wildman–Crippen LogP) is 2.73. The minimum atomic E-state index is -1.02. The fraction of sp³-hybridized carbons (Fsp3) is 0.381. The van der Waals surface area contributed by atoms with E-state index in [-0.39, 0.29) is 11.7 Å². The van der Waals surface area contributed by atoms with Gasteiger partial charge in [0.15, 0.2) is 0 Å². The van der Waals surface area contributed by atoms with Crippen LogP contribution in [0.3, 0.4) is 0 Å². The van der Waals surface area contributed by atoms with E-state index in [4.69, 9.17) is 5.73 Å². The quantitative estimate of drug-likeness (QED) is 0.917. The molecule has 1 unspecified atom stereocenters. The van der Waals surface area contributed by atoms with Crippen LogP contribution in [-0.2, 0) is 16.9 Å². The molecule has 1 aliphatic heterocycles. The number of rotatable bonds is 4. The molecule has 5 heteroatoms. The molecule has 3 rings (SSSR count). The van der Waals surface area contributed by atoms with Crippen LogP contribution >= 0.6 is 0 Å². The van der Waals surface area contributed by atoms with E-state index in [2.05, 4.69) is 4.90 Å². The number of amides is 1. The SMILES string of the molecule is CC(N)(C(=O)N1CCCN(Cc2ccc(F)cc2)CC1)c1ccccc1. The zero-order chi connectivity index (χ0) is 18.6. The normalized spacial score (nSPS) is 18.2. The van der Waals surface area contributed by atoms with E-state index < -0.39 is 5.54 Å². The zero-order valence-corrected chi connectivity index (χ0v) is 15.2. The Hall–Kier alpha value is -2.24. The van der Waals surface area contributed by atoms with Gasteiger partial charge in [0.1, 0.15) is 11.4 Å². The Morgan fingerprint density at radius 3 is 2.42 bits per heavy atom. The van der Waals surface area contributed by atoms with Crippen molar-refractivity contribution >= 4 is 5.91 Å². The highest BCUT2D eigenvalue weighted by atomic mass is 19.1. The van der Waals surface area contributed by atoms with Crippen molar-refractivity contribution in [3.63, 3.8) is 0 Å². The maximum atomic E-state index is 13.1. The lowest BCUT2D eigenvalue weighted by Crippen LogP contribution is -2.51. The lowest BCUT2D eigenvalue weighted by molar-refractivity contribution is -0.136. The summed E-state index contributed by atoms with van der Waals surface area (Å²) in [7, 11) is 0. The van der Waals surface area contributed by atoms with Crippen molar-refractivity contribution in [3.05, 3.63) is 71.5 Å². The van der Waals surface area contributed by atoms with Gasteiger partial charge < -0.3 is 10.6 Å². The molecular formula is C21H26FN3O. The van der Waals surface area contributed by atoms with Gasteiger partial charge in [0.05, 0.1) is 0 Å². The Kier molecular flexibility index (Phi) is 5.69. The summed E-state index contributed by atoms with van der Waals surface area (Å²) in [6.45, 7) is 5.60. The Balaban J connectivity index is 1.62. The first-order valence-corrected chi connectivity index (χ1v) is 9.07. The third-order valence-electron chi connectivity index (χ3n) is 5.01. The molecule has 26 heavy (non-hydrogen) atoms. The standard InChI is InChI=1S/C21H26FN3O/c1-21(23,18-6-3-2-4-7-18)20(26)25-13-5-12-24(14-15-25)16-17-8-10-19(22)11-9-17/h2-4,6-11H,5,12-16,23H2,1H3. The molecule has 1 atom stereocenters. The van der Waals surface area contributed by atoms with E-state index in [0.717, 1.165) is 37.2 Å². The third-order valence-corrected chi connectivity index (χ3v) is 5.01. The predicted molar refractivity (Wildman–Crippen MR) is 101 cm³/mol. The minimum absolute atomic E-state index is 0.0349. The first-order valence-electron chi connectivity index (χ1n) is 9.07. The van der Waals surface area contributed by atoms with Crippen molar-refractivity contribution in [2.45, 2.75) is 25.4 Å². The summed E-state index contributed by atoms with van der Waals surface area (Å²) in [6, 6.07) is 16.1. The van der Waals surface area contributed by atoms with Gasteiger partial charge in [-0.25, -0.2) is 4.39 Å². The second-order valence-electron chi connectivity index (χ2n) is 7.12. The van der Waals surface area contributed by atoms with Crippen LogP contribution in [0, 0.1) is 5.82 Å². The molecule has 2 aromatic carbocycles. The number of nitrogens with zero attached hydrogens (tertiary/aromatic N) is 2. The van der Waals surface area contributed by atoms with Crippen molar-refractivity contribution in [3.8, 4) is 0 Å². The smallest absolute Gasteiger partial charge is 0.247 e. The van der Waals surface area contributed by atoms with E-state index in [1.165, 1.54) is 12.1 Å². The van der Waals surface area contributed by atoms with E-state index in [1.54, 1.807) is 6.92 Å². The van der Waals surface area contributed by atoms with Gasteiger partial charge in [-0.2, -0.15) is 0 Å². The molecule has 0 aromatic heterocycles. The molecule has 0 bridgehead atoms. The topological polar surface area (TPSA) is 49.6 Å². The number of hydrogen-bond acceptors (Lipinski definition) is 3. The Morgan fingerprint density at radius 1 is 1.04 bits per heavy atom. The summed E-state index contributed by atoms with van der Waals surface area (Å²) >= 11 is 0. The summed E-state index contributed by atoms with van der Waals surface area (Å²) < 4.78 is 13.1. The van der Waals surface area contributed by atoms with Crippen LogP contribution in [0.25, 0.3) is 0 Å². The maximum Gasteiger partial charge on any atom is 0.247 e. The third kappa shape index (κ3) is 4.29. The number of nitrogens with two attached hydrogens (primary N) is 1. The summed E-state index contributed by atoms with van der Waals surface area (Å²) in [5, 5.41) is 0. The molecule has 1 heterocycles. The van der Waals surface area contributed by atoms with Crippen LogP contribution in [0.2, 0.25) is 0 Å². The molecule has 0 saturated carbocycles. The number of hydrogen-bond donors (Lipinski definition) is 1. The van der Waals surface area contributed by atoms with Gasteiger partial charge in [0.2, 0.25) is 5.91 Å². The van der Waals surface area contributed by atoms with Gasteiger partial charge in [0, 0.05) is 32.7 Å². The van der Waals surface area contributed by atoms with E-state index in [1.807, 2.05) is 47.4 Å². The van der Waals surface area contributed by atoms with Gasteiger partial charge in [-0.05, 0) is 36.6 Å². The highest BCUT2D eigenvalue weighted by Crippen LogP contribution is 2.21. The molecule has 1 fully saturated rings. The Morgan fingerprint density at radius 2 is 1.73 bits per heavy atom. The van der Waals surface area contributed by atoms with Crippen LogP contribution in [0.4, 0.5) is 4.39 Å². The fourth-order valence-electron chi connectivity index (χ4n) is 3.42. The lowest BCUT2D eigenvalue weighted by Gasteiger charge is -2.31. The Bertz CT molecular complexity index is 731. The number of carbonyl (C=O) groups is 1. The summed E-state index contributed by atoms with van der Waals surface area (Å²) in [6.07, 6.45) is 0.901. The molecule has 2 N–H and O–H groups in total. The van der Waals surface area contributed by atoms with E-state index >= 15 is 0 Å². The second kappa shape index (κ2) is 7.98. The first kappa shape index (κ1) is 18.5. The van der Waals surface area contributed by atoms with Crippen molar-refractivity contribution in [1.29, 1.82) is 0 Å². The number of carbonyl (C=O) groups excluding carboxylic acids is 1. The zero-order valence-electron chi connectivity index (χ0n) is 15.2. The van der Waals surface area contributed by atoms with Gasteiger partial charge >= 0.3 is 0 Å². The monoisotopic (exact) mass is 355 g/mol. The first-order chi connectivity index (χ1) is 12.5. The van der Waals surface area contributed by atoms with Crippen molar-refractivity contribution in [1.82, 2.24) is 9.80 Å². The lowest BCUT2D eigenvalue weighted by atomic mass is 9.91. The molecular weight excluding hydrogens is 329 g/mol. The highest BCUT2D eigenvalue weighted by molar-refractivity contribution is 5.87. The van der Waals surface area contributed by atoms with Crippen LogP contribution in [0.15, 0.2) is 54.6 Å². The Labute approximate surface area is 154 Å². The molecule has 0 aliphatic carbocycles. The summed E-state index contributed by atoms with van der Waals surface area (Å²) in [4.78, 5) is 17.2. The van der Waals surface area contributed by atoms with Crippen molar-refractivity contribution in [2.24, 2.45) is 5.73 Å². The van der Waals surface area contributed by atoms with Crippen molar-refractivity contribution in [2.75, 3.05) is 26.2 Å². The van der Waals surface area contributed by atoms with E-state index in [9.17, 15) is 9.18 Å². The molecule has 1 aliphatic rings. The van der Waals surface area contributed by atoms with Crippen LogP contribution in [-0.4, -0.2) is 41.9 Å². The maximum absolute atomic E-state index is 13.1. The highest BCUT2D eigenvalue weighted by Gasteiger charge is 2.35. The summed E-state index contributed by atoms with van der Waals surface area (Å²) in [5.74, 6) is -0.253. The molecule has 1 saturated heterocycles. The number of benzene rings is 2. The fourth-order valence-corrected chi connectivity index (χ4v) is 3.42. The summed E-state index contributed by atoms with van der Waals surface area (Å²) in [5.41, 5.74) is 7.29. The van der Waals surface area contributed by atoms with Crippen molar-refractivity contribution < 1.29 is 9.18 Å². The van der Waals surface area contributed by atoms with Gasteiger partial charge in [-0.15, -0.1) is 0 Å². The van der Waals surface area contributed by atoms with Gasteiger partial charge in [0.25, 0.3) is 0 Å². The van der Waals surface area contributed by atoms with Crippen LogP contribution < -0.4 is 5.73 Å². The minimum Gasteiger partial charge on any atom is -0.339 e. The average molecular weight is 355 g/mol. The second-order valence-corrected chi connectivity index (χ2v) is 7.12. The molecule has 138 valence electrons. The molecule has 2 aromatic rings. The van der Waals surface area contributed by atoms with Gasteiger partial charge in [-0.3, -0.25) is 9.69 Å². The number of halogens is 1.